The van der Waals surface area contributed by atoms with Gasteiger partial charge in [-0.05, 0) is 44.9 Å². The average molecular weight is 283 g/mol. The highest BCUT2D eigenvalue weighted by molar-refractivity contribution is 5.39. The molecule has 0 radical (unpaired) electrons. The monoisotopic (exact) mass is 283 g/mol. The summed E-state index contributed by atoms with van der Waals surface area (Å²) >= 11 is 0. The molecule has 2 heteroatoms. The molecule has 0 amide bonds. The Kier molecular flexibility index (Phi) is 5.03. The van der Waals surface area contributed by atoms with E-state index in [2.05, 4.69) is 69.4 Å². The van der Waals surface area contributed by atoms with Gasteiger partial charge in [-0.3, -0.25) is 0 Å². The van der Waals surface area contributed by atoms with Crippen LogP contribution in [0.25, 0.3) is 0 Å². The van der Waals surface area contributed by atoms with Gasteiger partial charge < -0.3 is 10.1 Å². The van der Waals surface area contributed by atoms with Gasteiger partial charge in [0.2, 0.25) is 0 Å². The van der Waals surface area contributed by atoms with Crippen molar-refractivity contribution in [2.45, 2.75) is 39.8 Å². The second-order valence-corrected chi connectivity index (χ2v) is 5.71. The number of ether oxygens (including phenoxy) is 1. The average Bonchev–Trinajstić information content (AvgIpc) is 2.47. The van der Waals surface area contributed by atoms with Crippen LogP contribution in [0.4, 0.5) is 0 Å². The van der Waals surface area contributed by atoms with E-state index in [1.165, 1.54) is 22.3 Å². The van der Waals surface area contributed by atoms with Gasteiger partial charge in [0.15, 0.2) is 0 Å². The normalized spacial score (nSPS) is 13.8. The molecule has 0 aliphatic heterocycles. The molecule has 0 aliphatic carbocycles. The zero-order valence-electron chi connectivity index (χ0n) is 13.6. The van der Waals surface area contributed by atoms with Crippen molar-refractivity contribution in [2.24, 2.45) is 0 Å². The summed E-state index contributed by atoms with van der Waals surface area (Å²) in [5.41, 5.74) is 5.12. The minimum absolute atomic E-state index is 0.231. The van der Waals surface area contributed by atoms with Crippen LogP contribution in [0.5, 0.6) is 5.75 Å². The van der Waals surface area contributed by atoms with Crippen molar-refractivity contribution in [3.63, 3.8) is 0 Å². The molecule has 0 aromatic heterocycles. The Morgan fingerprint density at radius 2 is 1.57 bits per heavy atom. The first-order valence-electron chi connectivity index (χ1n) is 7.49. The lowest BCUT2D eigenvalue weighted by Crippen LogP contribution is -2.23. The molecule has 21 heavy (non-hydrogen) atoms. The van der Waals surface area contributed by atoms with E-state index >= 15 is 0 Å². The fourth-order valence-electron chi connectivity index (χ4n) is 2.82. The molecular formula is C19H25NO. The molecule has 0 bridgehead atoms. The molecule has 0 saturated carbocycles. The summed E-state index contributed by atoms with van der Waals surface area (Å²) in [5, 5.41) is 3.68. The van der Waals surface area contributed by atoms with Crippen LogP contribution in [0.2, 0.25) is 0 Å². The van der Waals surface area contributed by atoms with Crippen molar-refractivity contribution in [1.82, 2.24) is 5.32 Å². The molecule has 2 aromatic carbocycles. The SMILES string of the molecule is COc1ccc(C)cc1C(C)N[C@@H](C)c1ccccc1C. The van der Waals surface area contributed by atoms with Crippen molar-refractivity contribution >= 4 is 0 Å². The molecule has 0 spiro atoms. The zero-order valence-corrected chi connectivity index (χ0v) is 13.6. The van der Waals surface area contributed by atoms with E-state index in [1.54, 1.807) is 7.11 Å². The summed E-state index contributed by atoms with van der Waals surface area (Å²) in [6, 6.07) is 15.4. The number of rotatable bonds is 5. The quantitative estimate of drug-likeness (QED) is 0.857. The van der Waals surface area contributed by atoms with Crippen LogP contribution in [0.3, 0.4) is 0 Å². The Bertz CT molecular complexity index is 606. The van der Waals surface area contributed by atoms with Crippen molar-refractivity contribution < 1.29 is 4.74 Å². The molecule has 1 unspecified atom stereocenters. The summed E-state index contributed by atoms with van der Waals surface area (Å²) in [5.74, 6) is 0.942. The third-order valence-electron chi connectivity index (χ3n) is 4.01. The number of hydrogen-bond acceptors (Lipinski definition) is 2. The van der Waals surface area contributed by atoms with Crippen LogP contribution in [-0.2, 0) is 0 Å². The molecule has 0 heterocycles. The van der Waals surface area contributed by atoms with Gasteiger partial charge in [-0.25, -0.2) is 0 Å². The van der Waals surface area contributed by atoms with Gasteiger partial charge in [0, 0.05) is 17.6 Å². The standard InChI is InChI=1S/C19H25NO/c1-13-10-11-19(21-5)18(12-13)16(4)20-15(3)17-9-7-6-8-14(17)2/h6-12,15-16,20H,1-5H3/t15-,16?/m0/s1. The molecule has 1 N–H and O–H groups in total. The Labute approximate surface area is 128 Å². The Morgan fingerprint density at radius 3 is 2.24 bits per heavy atom. The topological polar surface area (TPSA) is 21.3 Å². The molecule has 0 saturated heterocycles. The molecule has 2 nitrogen and oxygen atoms in total. The number of benzene rings is 2. The molecule has 0 fully saturated rings. The van der Waals surface area contributed by atoms with E-state index in [9.17, 15) is 0 Å². The summed E-state index contributed by atoms with van der Waals surface area (Å²) in [6.07, 6.45) is 0. The van der Waals surface area contributed by atoms with Gasteiger partial charge in [0.1, 0.15) is 5.75 Å². The third-order valence-corrected chi connectivity index (χ3v) is 4.01. The fraction of sp³-hybridized carbons (Fsp3) is 0.368. The number of nitrogens with one attached hydrogen (secondary N) is 1. The summed E-state index contributed by atoms with van der Waals surface area (Å²) in [6.45, 7) is 8.67. The van der Waals surface area contributed by atoms with Crippen LogP contribution in [0, 0.1) is 13.8 Å². The first kappa shape index (κ1) is 15.6. The first-order chi connectivity index (χ1) is 10.0. The van der Waals surface area contributed by atoms with Crippen LogP contribution in [0.1, 0.15) is 48.2 Å². The van der Waals surface area contributed by atoms with Crippen molar-refractivity contribution in [1.29, 1.82) is 0 Å². The van der Waals surface area contributed by atoms with E-state index in [1.807, 2.05) is 6.07 Å². The molecular weight excluding hydrogens is 258 g/mol. The predicted molar refractivity (Wildman–Crippen MR) is 88.9 cm³/mol. The summed E-state index contributed by atoms with van der Waals surface area (Å²) < 4.78 is 5.49. The van der Waals surface area contributed by atoms with Crippen molar-refractivity contribution in [3.8, 4) is 5.75 Å². The van der Waals surface area contributed by atoms with Crippen molar-refractivity contribution in [2.75, 3.05) is 7.11 Å². The van der Waals surface area contributed by atoms with E-state index in [0.717, 1.165) is 5.75 Å². The van der Waals surface area contributed by atoms with E-state index in [4.69, 9.17) is 4.74 Å². The number of aryl methyl sites for hydroxylation is 2. The van der Waals surface area contributed by atoms with Crippen LogP contribution in [-0.4, -0.2) is 7.11 Å². The summed E-state index contributed by atoms with van der Waals surface area (Å²) in [4.78, 5) is 0. The lowest BCUT2D eigenvalue weighted by molar-refractivity contribution is 0.396. The third kappa shape index (κ3) is 3.64. The number of methoxy groups -OCH3 is 1. The Hall–Kier alpha value is -1.80. The smallest absolute Gasteiger partial charge is 0.123 e. The number of hydrogen-bond donors (Lipinski definition) is 1. The maximum Gasteiger partial charge on any atom is 0.123 e. The lowest BCUT2D eigenvalue weighted by Gasteiger charge is -2.23. The lowest BCUT2D eigenvalue weighted by atomic mass is 9.99. The van der Waals surface area contributed by atoms with Gasteiger partial charge in [0.25, 0.3) is 0 Å². The highest BCUT2D eigenvalue weighted by atomic mass is 16.5. The van der Waals surface area contributed by atoms with Gasteiger partial charge in [0.05, 0.1) is 7.11 Å². The molecule has 112 valence electrons. The van der Waals surface area contributed by atoms with Gasteiger partial charge in [-0.1, -0.05) is 42.0 Å². The highest BCUT2D eigenvalue weighted by Crippen LogP contribution is 2.28. The minimum atomic E-state index is 0.231. The maximum atomic E-state index is 5.49. The van der Waals surface area contributed by atoms with Crippen LogP contribution >= 0.6 is 0 Å². The van der Waals surface area contributed by atoms with Gasteiger partial charge in [-0.2, -0.15) is 0 Å². The van der Waals surface area contributed by atoms with Crippen LogP contribution in [0.15, 0.2) is 42.5 Å². The van der Waals surface area contributed by atoms with E-state index in [0.29, 0.717) is 6.04 Å². The zero-order chi connectivity index (χ0) is 15.4. The van der Waals surface area contributed by atoms with Crippen LogP contribution < -0.4 is 10.1 Å². The Morgan fingerprint density at radius 1 is 0.905 bits per heavy atom. The van der Waals surface area contributed by atoms with Gasteiger partial charge >= 0.3 is 0 Å². The second-order valence-electron chi connectivity index (χ2n) is 5.71. The fourth-order valence-corrected chi connectivity index (χ4v) is 2.82. The Balaban J connectivity index is 2.20. The maximum absolute atomic E-state index is 5.49. The highest BCUT2D eigenvalue weighted by Gasteiger charge is 2.15. The minimum Gasteiger partial charge on any atom is -0.496 e. The van der Waals surface area contributed by atoms with E-state index in [-0.39, 0.29) is 6.04 Å². The largest absolute Gasteiger partial charge is 0.496 e. The molecule has 2 aromatic rings. The first-order valence-corrected chi connectivity index (χ1v) is 7.49. The molecule has 0 aliphatic rings. The van der Waals surface area contributed by atoms with E-state index < -0.39 is 0 Å². The molecule has 2 atom stereocenters. The predicted octanol–water partition coefficient (Wildman–Crippen LogP) is 4.72. The van der Waals surface area contributed by atoms with Gasteiger partial charge in [-0.15, -0.1) is 0 Å². The molecule has 2 rings (SSSR count). The van der Waals surface area contributed by atoms with Crippen molar-refractivity contribution in [3.05, 3.63) is 64.7 Å². The summed E-state index contributed by atoms with van der Waals surface area (Å²) in [7, 11) is 1.73. The second kappa shape index (κ2) is 6.77.